The van der Waals surface area contributed by atoms with Gasteiger partial charge in [-0.15, -0.1) is 0 Å². The third kappa shape index (κ3) is 4.04. The molecule has 0 aromatic heterocycles. The number of benzene rings is 1. The molecule has 78 valence electrons. The second-order valence-corrected chi connectivity index (χ2v) is 5.40. The van der Waals surface area contributed by atoms with E-state index in [1.807, 2.05) is 0 Å². The van der Waals surface area contributed by atoms with Gasteiger partial charge in [0.15, 0.2) is 0 Å². The maximum atomic E-state index is 3.48. The first-order valence-corrected chi connectivity index (χ1v) is 6.89. The van der Waals surface area contributed by atoms with Gasteiger partial charge in [0, 0.05) is 5.79 Å². The van der Waals surface area contributed by atoms with Gasteiger partial charge in [0.1, 0.15) is 0 Å². The zero-order chi connectivity index (χ0) is 10.2. The quantitative estimate of drug-likeness (QED) is 0.507. The molecule has 0 bridgehead atoms. The Morgan fingerprint density at radius 3 is 2.14 bits per heavy atom. The van der Waals surface area contributed by atoms with E-state index in [0.29, 0.717) is 5.79 Å². The first-order chi connectivity index (χ1) is 6.86. The van der Waals surface area contributed by atoms with Crippen LogP contribution in [0, 0.1) is 0 Å². The van der Waals surface area contributed by atoms with Crippen LogP contribution >= 0.6 is 0 Å². The van der Waals surface area contributed by atoms with E-state index in [4.69, 9.17) is 0 Å². The number of hydrogen-bond acceptors (Lipinski definition) is 2. The Kier molecular flexibility index (Phi) is 5.52. The van der Waals surface area contributed by atoms with E-state index in [-0.39, 0.29) is 9.52 Å². The lowest BCUT2D eigenvalue weighted by atomic mass is 10.4. The molecule has 0 amide bonds. The molecule has 0 unspecified atom stereocenters. The van der Waals surface area contributed by atoms with Crippen LogP contribution < -0.4 is 15.8 Å². The highest BCUT2D eigenvalue weighted by molar-refractivity contribution is 6.54. The second-order valence-electron chi connectivity index (χ2n) is 3.36. The van der Waals surface area contributed by atoms with Crippen molar-refractivity contribution >= 4 is 14.7 Å². The molecular formula is C11H20N2Si. The Balaban J connectivity index is 2.46. The molecule has 1 aromatic rings. The highest BCUT2D eigenvalue weighted by Crippen LogP contribution is 1.83. The van der Waals surface area contributed by atoms with Gasteiger partial charge in [0.2, 0.25) is 0 Å². The maximum absolute atomic E-state index is 3.48. The minimum atomic E-state index is -0.242. The number of rotatable bonds is 6. The summed E-state index contributed by atoms with van der Waals surface area (Å²) in [7, 11) is -0.242. The molecule has 0 aliphatic heterocycles. The van der Waals surface area contributed by atoms with Gasteiger partial charge in [-0.3, -0.25) is 0 Å². The van der Waals surface area contributed by atoms with Crippen molar-refractivity contribution in [3.63, 3.8) is 0 Å². The predicted octanol–water partition coefficient (Wildman–Crippen LogP) is -0.0167. The van der Waals surface area contributed by atoms with Crippen molar-refractivity contribution < 1.29 is 0 Å². The van der Waals surface area contributed by atoms with Crippen LogP contribution in [0.5, 0.6) is 0 Å². The summed E-state index contributed by atoms with van der Waals surface area (Å²) >= 11 is 0. The van der Waals surface area contributed by atoms with Crippen molar-refractivity contribution in [2.24, 2.45) is 0 Å². The van der Waals surface area contributed by atoms with E-state index < -0.39 is 0 Å². The third-order valence-electron chi connectivity index (χ3n) is 2.18. The average molecular weight is 208 g/mol. The van der Waals surface area contributed by atoms with Crippen molar-refractivity contribution in [1.29, 1.82) is 0 Å². The Morgan fingerprint density at radius 2 is 1.64 bits per heavy atom. The lowest BCUT2D eigenvalue weighted by Gasteiger charge is -2.18. The van der Waals surface area contributed by atoms with Crippen molar-refractivity contribution in [3.05, 3.63) is 30.3 Å². The number of nitrogens with one attached hydrogen (secondary N) is 2. The molecule has 0 fully saturated rings. The standard InChI is InChI=1S/C11H20N2Si/c1-3-12-11(13-4-2)14-10-8-6-5-7-9-10/h5-9,11-13H,3-4,14H2,1-2H3. The fourth-order valence-corrected chi connectivity index (χ4v) is 3.44. The smallest absolute Gasteiger partial charge is 0.0917 e. The fourth-order valence-electron chi connectivity index (χ4n) is 1.56. The van der Waals surface area contributed by atoms with E-state index in [2.05, 4.69) is 54.8 Å². The summed E-state index contributed by atoms with van der Waals surface area (Å²) in [6.07, 6.45) is 0. The Bertz CT molecular complexity index is 232. The van der Waals surface area contributed by atoms with Crippen molar-refractivity contribution in [3.8, 4) is 0 Å². The molecule has 1 aromatic carbocycles. The highest BCUT2D eigenvalue weighted by Gasteiger charge is 2.05. The van der Waals surface area contributed by atoms with Gasteiger partial charge in [0.05, 0.1) is 9.52 Å². The van der Waals surface area contributed by atoms with Gasteiger partial charge in [-0.2, -0.15) is 0 Å². The van der Waals surface area contributed by atoms with E-state index in [9.17, 15) is 0 Å². The molecule has 2 N–H and O–H groups in total. The molecule has 0 aliphatic carbocycles. The molecule has 0 radical (unpaired) electrons. The normalized spacial score (nSPS) is 11.6. The van der Waals surface area contributed by atoms with E-state index in [1.54, 1.807) is 0 Å². The minimum absolute atomic E-state index is 0.242. The molecule has 0 saturated heterocycles. The Morgan fingerprint density at radius 1 is 1.07 bits per heavy atom. The summed E-state index contributed by atoms with van der Waals surface area (Å²) in [5, 5.41) is 8.48. The van der Waals surface area contributed by atoms with E-state index in [0.717, 1.165) is 13.1 Å². The molecule has 0 heterocycles. The average Bonchev–Trinajstić information content (AvgIpc) is 2.20. The Labute approximate surface area is 88.9 Å². The van der Waals surface area contributed by atoms with Gasteiger partial charge >= 0.3 is 0 Å². The summed E-state index contributed by atoms with van der Waals surface area (Å²) in [5.74, 6) is 0.535. The molecular weight excluding hydrogens is 188 g/mol. The van der Waals surface area contributed by atoms with Crippen LogP contribution in [0.1, 0.15) is 13.8 Å². The van der Waals surface area contributed by atoms with E-state index >= 15 is 0 Å². The molecule has 2 nitrogen and oxygen atoms in total. The SMILES string of the molecule is CCNC(NCC)[SiH2]c1ccccc1. The molecule has 14 heavy (non-hydrogen) atoms. The summed E-state index contributed by atoms with van der Waals surface area (Å²) in [6.45, 7) is 6.39. The van der Waals surface area contributed by atoms with Crippen molar-refractivity contribution in [2.45, 2.75) is 19.6 Å². The molecule has 0 saturated carbocycles. The largest absolute Gasteiger partial charge is 0.305 e. The fraction of sp³-hybridized carbons (Fsp3) is 0.455. The van der Waals surface area contributed by atoms with Crippen LogP contribution in [-0.4, -0.2) is 28.4 Å². The van der Waals surface area contributed by atoms with Gasteiger partial charge in [-0.1, -0.05) is 49.4 Å². The van der Waals surface area contributed by atoms with Crippen molar-refractivity contribution in [2.75, 3.05) is 13.1 Å². The monoisotopic (exact) mass is 208 g/mol. The van der Waals surface area contributed by atoms with Crippen LogP contribution in [-0.2, 0) is 0 Å². The lowest BCUT2D eigenvalue weighted by Crippen LogP contribution is -2.50. The molecule has 0 aliphatic rings. The molecule has 3 heteroatoms. The van der Waals surface area contributed by atoms with Gasteiger partial charge in [0.25, 0.3) is 0 Å². The second kappa shape index (κ2) is 6.76. The third-order valence-corrected chi connectivity index (χ3v) is 4.11. The van der Waals surface area contributed by atoms with Crippen LogP contribution in [0.3, 0.4) is 0 Å². The summed E-state index contributed by atoms with van der Waals surface area (Å²) in [5.41, 5.74) is 0. The topological polar surface area (TPSA) is 24.1 Å². The van der Waals surface area contributed by atoms with Crippen LogP contribution in [0.25, 0.3) is 0 Å². The van der Waals surface area contributed by atoms with Crippen molar-refractivity contribution in [1.82, 2.24) is 10.6 Å². The summed E-state index contributed by atoms with van der Waals surface area (Å²) < 4.78 is 0. The predicted molar refractivity (Wildman–Crippen MR) is 65.8 cm³/mol. The number of hydrogen-bond donors (Lipinski definition) is 2. The van der Waals surface area contributed by atoms with Gasteiger partial charge < -0.3 is 10.6 Å². The zero-order valence-electron chi connectivity index (χ0n) is 9.09. The van der Waals surface area contributed by atoms with Crippen LogP contribution in [0.15, 0.2) is 30.3 Å². The highest BCUT2D eigenvalue weighted by atomic mass is 28.2. The van der Waals surface area contributed by atoms with Crippen LogP contribution in [0.4, 0.5) is 0 Å². The maximum Gasteiger partial charge on any atom is 0.0917 e. The molecule has 0 atom stereocenters. The van der Waals surface area contributed by atoms with E-state index in [1.165, 1.54) is 5.19 Å². The van der Waals surface area contributed by atoms with Gasteiger partial charge in [-0.25, -0.2) is 0 Å². The lowest BCUT2D eigenvalue weighted by molar-refractivity contribution is 0.561. The Hall–Kier alpha value is -0.643. The molecule has 1 rings (SSSR count). The molecule has 0 spiro atoms. The summed E-state index contributed by atoms with van der Waals surface area (Å²) in [4.78, 5) is 0. The van der Waals surface area contributed by atoms with Crippen LogP contribution in [0.2, 0.25) is 0 Å². The first kappa shape index (κ1) is 11.4. The first-order valence-electron chi connectivity index (χ1n) is 5.37. The van der Waals surface area contributed by atoms with Gasteiger partial charge in [-0.05, 0) is 13.1 Å². The minimum Gasteiger partial charge on any atom is -0.305 e. The zero-order valence-corrected chi connectivity index (χ0v) is 10.5. The summed E-state index contributed by atoms with van der Waals surface area (Å²) in [6, 6.07) is 10.8.